The number of likely N-dealkylation sites (tertiary alicyclic amines) is 1. The topological polar surface area (TPSA) is 64.2 Å². The van der Waals surface area contributed by atoms with Crippen LogP contribution in [0, 0.1) is 0 Å². The number of amides is 1. The zero-order valence-electron chi connectivity index (χ0n) is 16.7. The Labute approximate surface area is 172 Å². The first-order valence-corrected chi connectivity index (χ1v) is 10.3. The van der Waals surface area contributed by atoms with Crippen LogP contribution < -0.4 is 5.73 Å². The predicted molar refractivity (Wildman–Crippen MR) is 114 cm³/mol. The quantitative estimate of drug-likeness (QED) is 0.705. The van der Waals surface area contributed by atoms with Gasteiger partial charge in [0.05, 0.1) is 18.1 Å². The van der Waals surface area contributed by atoms with Gasteiger partial charge in [-0.05, 0) is 29.9 Å². The summed E-state index contributed by atoms with van der Waals surface area (Å²) in [6.45, 7) is 2.31. The van der Waals surface area contributed by atoms with Crippen LogP contribution in [-0.2, 0) is 17.8 Å². The van der Waals surface area contributed by atoms with Gasteiger partial charge in [0.25, 0.3) is 0 Å². The molecule has 0 unspecified atom stereocenters. The molecule has 5 nitrogen and oxygen atoms in total. The molecule has 150 valence electrons. The van der Waals surface area contributed by atoms with Gasteiger partial charge in [-0.15, -0.1) is 0 Å². The van der Waals surface area contributed by atoms with E-state index < -0.39 is 6.04 Å². The molecule has 4 rings (SSSR count). The number of carbonyl (C=O) groups is 1. The average molecular weight is 389 g/mol. The summed E-state index contributed by atoms with van der Waals surface area (Å²) in [6, 6.07) is 20.3. The summed E-state index contributed by atoms with van der Waals surface area (Å²) in [6.07, 6.45) is 6.26. The van der Waals surface area contributed by atoms with Crippen molar-refractivity contribution in [2.24, 2.45) is 5.73 Å². The molecule has 3 aromatic rings. The van der Waals surface area contributed by atoms with E-state index in [4.69, 9.17) is 5.73 Å². The van der Waals surface area contributed by atoms with Crippen molar-refractivity contribution in [1.82, 2.24) is 14.5 Å². The smallest absolute Gasteiger partial charge is 0.239 e. The van der Waals surface area contributed by atoms with Gasteiger partial charge in [-0.3, -0.25) is 4.79 Å². The number of aromatic nitrogens is 2. The van der Waals surface area contributed by atoms with E-state index in [2.05, 4.69) is 41.4 Å². The zero-order chi connectivity index (χ0) is 20.1. The molecule has 1 saturated heterocycles. The molecule has 0 saturated carbocycles. The molecule has 0 bridgehead atoms. The Morgan fingerprint density at radius 3 is 2.38 bits per heavy atom. The van der Waals surface area contributed by atoms with Crippen LogP contribution in [0.5, 0.6) is 0 Å². The first-order valence-electron chi connectivity index (χ1n) is 10.3. The summed E-state index contributed by atoms with van der Waals surface area (Å²) in [5.41, 5.74) is 9.70. The number of carbonyl (C=O) groups excluding carboxylic acids is 1. The van der Waals surface area contributed by atoms with Crippen molar-refractivity contribution < 1.29 is 4.79 Å². The minimum Gasteiger partial charge on any atom is -0.341 e. The van der Waals surface area contributed by atoms with Crippen molar-refractivity contribution in [3.05, 3.63) is 90.0 Å². The van der Waals surface area contributed by atoms with Crippen molar-refractivity contribution in [2.75, 3.05) is 13.1 Å². The number of rotatable bonds is 6. The molecular weight excluding hydrogens is 360 g/mol. The SMILES string of the molecule is N[C@@H](Cc1cn(Cc2ccccc2)cn1)C(=O)N1CCC(c2ccccc2)CC1. The second-order valence-corrected chi connectivity index (χ2v) is 7.84. The van der Waals surface area contributed by atoms with Crippen molar-refractivity contribution >= 4 is 5.91 Å². The van der Waals surface area contributed by atoms with Gasteiger partial charge < -0.3 is 15.2 Å². The minimum atomic E-state index is -0.539. The number of imidazole rings is 1. The highest BCUT2D eigenvalue weighted by Crippen LogP contribution is 2.28. The minimum absolute atomic E-state index is 0.0362. The van der Waals surface area contributed by atoms with Crippen molar-refractivity contribution in [2.45, 2.75) is 37.8 Å². The average Bonchev–Trinajstić information content (AvgIpc) is 3.21. The van der Waals surface area contributed by atoms with Crippen LogP contribution in [0.3, 0.4) is 0 Å². The second-order valence-electron chi connectivity index (χ2n) is 7.84. The highest BCUT2D eigenvalue weighted by atomic mass is 16.2. The Bertz CT molecular complexity index is 914. The van der Waals surface area contributed by atoms with E-state index in [-0.39, 0.29) is 5.91 Å². The van der Waals surface area contributed by atoms with Gasteiger partial charge in [0, 0.05) is 32.3 Å². The summed E-state index contributed by atoms with van der Waals surface area (Å²) in [5.74, 6) is 0.569. The van der Waals surface area contributed by atoms with E-state index in [0.717, 1.165) is 38.2 Å². The number of piperidine rings is 1. The standard InChI is InChI=1S/C24H28N4O/c25-23(15-22-17-27(18-26-22)16-19-7-3-1-4-8-19)24(29)28-13-11-21(12-14-28)20-9-5-2-6-10-20/h1-10,17-18,21,23H,11-16,25H2/t23-/m0/s1. The third kappa shape index (κ3) is 4.93. The molecule has 0 aliphatic carbocycles. The lowest BCUT2D eigenvalue weighted by molar-refractivity contribution is -0.133. The van der Waals surface area contributed by atoms with Crippen LogP contribution in [0.4, 0.5) is 0 Å². The summed E-state index contributed by atoms with van der Waals surface area (Å²) in [5, 5.41) is 0. The molecular formula is C24H28N4O. The molecule has 2 aromatic carbocycles. The van der Waals surface area contributed by atoms with E-state index in [9.17, 15) is 4.79 Å². The lowest BCUT2D eigenvalue weighted by atomic mass is 9.89. The summed E-state index contributed by atoms with van der Waals surface area (Å²) in [7, 11) is 0. The normalized spacial score (nSPS) is 16.0. The maximum Gasteiger partial charge on any atom is 0.239 e. The predicted octanol–water partition coefficient (Wildman–Crippen LogP) is 3.21. The van der Waals surface area contributed by atoms with Gasteiger partial charge in [0.15, 0.2) is 0 Å². The molecule has 1 aromatic heterocycles. The molecule has 1 aliphatic rings. The molecule has 5 heteroatoms. The summed E-state index contributed by atoms with van der Waals surface area (Å²) in [4.78, 5) is 19.2. The number of nitrogens with zero attached hydrogens (tertiary/aromatic N) is 3. The third-order valence-corrected chi connectivity index (χ3v) is 5.72. The second kappa shape index (κ2) is 9.05. The van der Waals surface area contributed by atoms with E-state index in [0.29, 0.717) is 12.3 Å². The summed E-state index contributed by atoms with van der Waals surface area (Å²) < 4.78 is 2.03. The fraction of sp³-hybridized carbons (Fsp3) is 0.333. The van der Waals surface area contributed by atoms with Gasteiger partial charge in [-0.25, -0.2) is 4.98 Å². The molecule has 29 heavy (non-hydrogen) atoms. The number of hydrogen-bond donors (Lipinski definition) is 1. The lowest BCUT2D eigenvalue weighted by Crippen LogP contribution is -2.47. The summed E-state index contributed by atoms with van der Waals surface area (Å²) >= 11 is 0. The Balaban J connectivity index is 1.29. The van der Waals surface area contributed by atoms with Crippen molar-refractivity contribution in [3.8, 4) is 0 Å². The largest absolute Gasteiger partial charge is 0.341 e. The number of benzene rings is 2. The van der Waals surface area contributed by atoms with Crippen LogP contribution in [0.25, 0.3) is 0 Å². The molecule has 1 aliphatic heterocycles. The fourth-order valence-corrected chi connectivity index (χ4v) is 4.10. The van der Waals surface area contributed by atoms with Gasteiger partial charge in [0.2, 0.25) is 5.91 Å². The van der Waals surface area contributed by atoms with E-state index in [1.54, 1.807) is 0 Å². The van der Waals surface area contributed by atoms with E-state index in [1.807, 2.05) is 46.3 Å². The van der Waals surface area contributed by atoms with Gasteiger partial charge in [0.1, 0.15) is 0 Å². The molecule has 1 atom stereocenters. The van der Waals surface area contributed by atoms with Crippen LogP contribution in [0.2, 0.25) is 0 Å². The van der Waals surface area contributed by atoms with Gasteiger partial charge in [-0.1, -0.05) is 60.7 Å². The molecule has 2 N–H and O–H groups in total. The molecule has 0 radical (unpaired) electrons. The van der Waals surface area contributed by atoms with Crippen LogP contribution >= 0.6 is 0 Å². The third-order valence-electron chi connectivity index (χ3n) is 5.72. The lowest BCUT2D eigenvalue weighted by Gasteiger charge is -2.33. The molecule has 1 fully saturated rings. The van der Waals surface area contributed by atoms with Crippen molar-refractivity contribution in [1.29, 1.82) is 0 Å². The number of hydrogen-bond acceptors (Lipinski definition) is 3. The van der Waals surface area contributed by atoms with Gasteiger partial charge in [-0.2, -0.15) is 0 Å². The molecule has 2 heterocycles. The Morgan fingerprint density at radius 1 is 1.03 bits per heavy atom. The highest BCUT2D eigenvalue weighted by Gasteiger charge is 2.27. The van der Waals surface area contributed by atoms with Crippen LogP contribution in [-0.4, -0.2) is 39.5 Å². The Hall–Kier alpha value is -2.92. The maximum atomic E-state index is 12.8. The zero-order valence-corrected chi connectivity index (χ0v) is 16.7. The Kier molecular flexibility index (Phi) is 6.06. The van der Waals surface area contributed by atoms with Gasteiger partial charge >= 0.3 is 0 Å². The van der Waals surface area contributed by atoms with Crippen LogP contribution in [0.15, 0.2) is 73.2 Å². The first-order chi connectivity index (χ1) is 14.2. The maximum absolute atomic E-state index is 12.8. The van der Waals surface area contributed by atoms with Crippen molar-refractivity contribution in [3.63, 3.8) is 0 Å². The highest BCUT2D eigenvalue weighted by molar-refractivity contribution is 5.82. The van der Waals surface area contributed by atoms with E-state index in [1.165, 1.54) is 11.1 Å². The van der Waals surface area contributed by atoms with Crippen LogP contribution in [0.1, 0.15) is 35.6 Å². The fourth-order valence-electron chi connectivity index (χ4n) is 4.10. The monoisotopic (exact) mass is 388 g/mol. The first kappa shape index (κ1) is 19.4. The molecule has 0 spiro atoms. The number of nitrogens with two attached hydrogens (primary N) is 1. The molecule has 1 amide bonds. The van der Waals surface area contributed by atoms with E-state index >= 15 is 0 Å². The Morgan fingerprint density at radius 2 is 1.69 bits per heavy atom.